The fourth-order valence-electron chi connectivity index (χ4n) is 7.42. The van der Waals surface area contributed by atoms with Gasteiger partial charge in [-0.25, -0.2) is 0 Å². The predicted octanol–water partition coefficient (Wildman–Crippen LogP) is 16.2. The largest absolute Gasteiger partial charge is 0.462 e. The molecule has 0 heterocycles. The van der Waals surface area contributed by atoms with Crippen molar-refractivity contribution in [3.8, 4) is 0 Å². The average Bonchev–Trinajstić information content (AvgIpc) is 3.21. The van der Waals surface area contributed by atoms with E-state index in [0.717, 1.165) is 64.2 Å². The van der Waals surface area contributed by atoms with Gasteiger partial charge in [0, 0.05) is 19.3 Å². The molecule has 57 heavy (non-hydrogen) atoms. The number of esters is 3. The highest BCUT2D eigenvalue weighted by Gasteiger charge is 2.19. The summed E-state index contributed by atoms with van der Waals surface area (Å²) in [4.78, 5) is 37.8. The van der Waals surface area contributed by atoms with E-state index in [0.29, 0.717) is 19.3 Å². The van der Waals surface area contributed by atoms with Gasteiger partial charge in [-0.2, -0.15) is 0 Å². The molecule has 0 amide bonds. The summed E-state index contributed by atoms with van der Waals surface area (Å²) < 4.78 is 16.8. The Morgan fingerprint density at radius 1 is 0.333 bits per heavy atom. The molecule has 0 bridgehead atoms. The smallest absolute Gasteiger partial charge is 0.306 e. The number of carbonyl (C=O) groups excluding carboxylic acids is 3. The van der Waals surface area contributed by atoms with Gasteiger partial charge in [0.05, 0.1) is 0 Å². The normalized spacial score (nSPS) is 12.0. The number of hydrogen-bond donors (Lipinski definition) is 0. The van der Waals surface area contributed by atoms with Crippen molar-refractivity contribution in [2.75, 3.05) is 13.2 Å². The molecule has 0 aliphatic heterocycles. The molecule has 0 aromatic heterocycles. The van der Waals surface area contributed by atoms with Crippen molar-refractivity contribution >= 4 is 17.9 Å². The highest BCUT2D eigenvalue weighted by molar-refractivity contribution is 5.71. The molecule has 0 radical (unpaired) electrons. The topological polar surface area (TPSA) is 78.9 Å². The van der Waals surface area contributed by atoms with E-state index < -0.39 is 6.10 Å². The van der Waals surface area contributed by atoms with Gasteiger partial charge in [0.15, 0.2) is 6.10 Å². The minimum absolute atomic E-state index is 0.0684. The third-order valence-electron chi connectivity index (χ3n) is 11.3. The van der Waals surface area contributed by atoms with Crippen molar-refractivity contribution in [3.05, 3.63) is 12.2 Å². The first-order valence-corrected chi connectivity index (χ1v) is 25.2. The molecular weight excluding hydrogens is 709 g/mol. The van der Waals surface area contributed by atoms with Crippen LogP contribution in [0.15, 0.2) is 12.2 Å². The van der Waals surface area contributed by atoms with Crippen molar-refractivity contribution in [2.45, 2.75) is 284 Å². The second-order valence-electron chi connectivity index (χ2n) is 17.1. The summed E-state index contributed by atoms with van der Waals surface area (Å²) >= 11 is 0. The van der Waals surface area contributed by atoms with Gasteiger partial charge in [-0.1, -0.05) is 232 Å². The fourth-order valence-corrected chi connectivity index (χ4v) is 7.42. The maximum atomic E-state index is 12.7. The van der Waals surface area contributed by atoms with Crippen molar-refractivity contribution < 1.29 is 28.6 Å². The predicted molar refractivity (Wildman–Crippen MR) is 243 cm³/mol. The van der Waals surface area contributed by atoms with E-state index in [9.17, 15) is 14.4 Å². The zero-order valence-electron chi connectivity index (χ0n) is 38.4. The Labute approximate surface area is 354 Å². The Balaban J connectivity index is 4.27. The Kier molecular flexibility index (Phi) is 45.3. The van der Waals surface area contributed by atoms with E-state index in [1.54, 1.807) is 0 Å². The maximum absolute atomic E-state index is 12.7. The standard InChI is InChI=1S/C51H96O6/c1-4-7-10-13-16-19-22-23-24-25-26-27-30-32-35-38-41-44-50(53)56-47-48(57-51(54)45-42-39-36-33-29-21-18-15-12-9-6-3)46-55-49(52)43-40-37-34-31-28-20-17-14-11-8-5-2/h15,18,48H,4-14,16-17,19-47H2,1-3H3/b18-15-/t48-/m1/s1. The van der Waals surface area contributed by atoms with Crippen LogP contribution in [0.1, 0.15) is 278 Å². The highest BCUT2D eigenvalue weighted by atomic mass is 16.6. The minimum Gasteiger partial charge on any atom is -0.462 e. The number of carbonyl (C=O) groups is 3. The van der Waals surface area contributed by atoms with E-state index in [1.165, 1.54) is 173 Å². The molecule has 0 unspecified atom stereocenters. The minimum atomic E-state index is -0.766. The lowest BCUT2D eigenvalue weighted by Gasteiger charge is -2.18. The quantitative estimate of drug-likeness (QED) is 0.0264. The third kappa shape index (κ3) is 45.1. The first kappa shape index (κ1) is 55.2. The van der Waals surface area contributed by atoms with Gasteiger partial charge in [0.1, 0.15) is 13.2 Å². The summed E-state index contributed by atoms with van der Waals surface area (Å²) in [6, 6.07) is 0. The van der Waals surface area contributed by atoms with Crippen LogP contribution in [0, 0.1) is 0 Å². The molecule has 0 N–H and O–H groups in total. The average molecular weight is 805 g/mol. The van der Waals surface area contributed by atoms with Gasteiger partial charge in [-0.3, -0.25) is 14.4 Å². The summed E-state index contributed by atoms with van der Waals surface area (Å²) in [5.41, 5.74) is 0. The Morgan fingerprint density at radius 2 is 0.596 bits per heavy atom. The number of ether oxygens (including phenoxy) is 3. The van der Waals surface area contributed by atoms with Crippen LogP contribution in [0.25, 0.3) is 0 Å². The first-order chi connectivity index (χ1) is 28.0. The molecule has 0 aliphatic rings. The molecule has 0 rings (SSSR count). The number of rotatable bonds is 46. The molecular formula is C51H96O6. The lowest BCUT2D eigenvalue weighted by atomic mass is 10.0. The van der Waals surface area contributed by atoms with Crippen LogP contribution >= 0.6 is 0 Å². The summed E-state index contributed by atoms with van der Waals surface area (Å²) in [6.45, 7) is 6.62. The zero-order valence-corrected chi connectivity index (χ0v) is 38.4. The first-order valence-electron chi connectivity index (χ1n) is 25.2. The van der Waals surface area contributed by atoms with Crippen LogP contribution in [0.3, 0.4) is 0 Å². The SMILES string of the molecule is CCCC/C=C\CCCCCCCC(=O)O[C@H](COC(=O)CCCCCCCCCCCCC)COC(=O)CCCCCCCCCCCCCCCCCCC. The summed E-state index contributed by atoms with van der Waals surface area (Å²) in [6.07, 6.45) is 50.5. The van der Waals surface area contributed by atoms with Crippen LogP contribution < -0.4 is 0 Å². The molecule has 0 aromatic carbocycles. The Bertz CT molecular complexity index is 885. The molecule has 0 aromatic rings. The Morgan fingerprint density at radius 3 is 0.930 bits per heavy atom. The Hall–Kier alpha value is -1.85. The fraction of sp³-hybridized carbons (Fsp3) is 0.902. The van der Waals surface area contributed by atoms with Gasteiger partial charge in [-0.15, -0.1) is 0 Å². The maximum Gasteiger partial charge on any atom is 0.306 e. The molecule has 6 nitrogen and oxygen atoms in total. The number of unbranched alkanes of at least 4 members (excludes halogenated alkanes) is 33. The van der Waals surface area contributed by atoms with E-state index in [-0.39, 0.29) is 31.1 Å². The van der Waals surface area contributed by atoms with E-state index in [2.05, 4.69) is 32.9 Å². The van der Waals surface area contributed by atoms with Crippen molar-refractivity contribution in [2.24, 2.45) is 0 Å². The second-order valence-corrected chi connectivity index (χ2v) is 17.1. The van der Waals surface area contributed by atoms with Gasteiger partial charge in [0.25, 0.3) is 0 Å². The summed E-state index contributed by atoms with van der Waals surface area (Å²) in [7, 11) is 0. The zero-order chi connectivity index (χ0) is 41.5. The van der Waals surface area contributed by atoms with Crippen LogP contribution in [-0.2, 0) is 28.6 Å². The van der Waals surface area contributed by atoms with Crippen LogP contribution in [0.5, 0.6) is 0 Å². The summed E-state index contributed by atoms with van der Waals surface area (Å²) in [5.74, 6) is -0.865. The molecule has 0 saturated carbocycles. The van der Waals surface area contributed by atoms with Crippen LogP contribution in [0.4, 0.5) is 0 Å². The molecule has 0 saturated heterocycles. The summed E-state index contributed by atoms with van der Waals surface area (Å²) in [5, 5.41) is 0. The molecule has 336 valence electrons. The lowest BCUT2D eigenvalue weighted by molar-refractivity contribution is -0.167. The van der Waals surface area contributed by atoms with Crippen molar-refractivity contribution in [3.63, 3.8) is 0 Å². The van der Waals surface area contributed by atoms with Gasteiger partial charge >= 0.3 is 17.9 Å². The van der Waals surface area contributed by atoms with Crippen molar-refractivity contribution in [1.82, 2.24) is 0 Å². The molecule has 0 spiro atoms. The number of hydrogen-bond acceptors (Lipinski definition) is 6. The van der Waals surface area contributed by atoms with Crippen LogP contribution in [-0.4, -0.2) is 37.2 Å². The lowest BCUT2D eigenvalue weighted by Crippen LogP contribution is -2.30. The van der Waals surface area contributed by atoms with Gasteiger partial charge in [0.2, 0.25) is 0 Å². The third-order valence-corrected chi connectivity index (χ3v) is 11.3. The monoisotopic (exact) mass is 805 g/mol. The van der Waals surface area contributed by atoms with E-state index in [1.807, 2.05) is 0 Å². The molecule has 1 atom stereocenters. The molecule has 0 aliphatic carbocycles. The van der Waals surface area contributed by atoms with Crippen molar-refractivity contribution in [1.29, 1.82) is 0 Å². The van der Waals surface area contributed by atoms with E-state index in [4.69, 9.17) is 14.2 Å². The van der Waals surface area contributed by atoms with Gasteiger partial charge in [-0.05, 0) is 38.5 Å². The van der Waals surface area contributed by atoms with E-state index >= 15 is 0 Å². The second kappa shape index (κ2) is 46.8. The highest BCUT2D eigenvalue weighted by Crippen LogP contribution is 2.16. The number of allylic oxidation sites excluding steroid dienone is 2. The van der Waals surface area contributed by atoms with Crippen LogP contribution in [0.2, 0.25) is 0 Å². The van der Waals surface area contributed by atoms with Gasteiger partial charge < -0.3 is 14.2 Å². The molecule has 6 heteroatoms. The molecule has 0 fully saturated rings.